The molecule has 1 saturated heterocycles. The average Bonchev–Trinajstić information content (AvgIpc) is 3.47. The third-order valence-corrected chi connectivity index (χ3v) is 7.52. The maximum Gasteiger partial charge on any atom is 0.338 e. The van der Waals surface area contributed by atoms with Crippen molar-refractivity contribution in [2.45, 2.75) is 6.92 Å². The molecule has 1 aromatic heterocycles. The molecule has 6 rings (SSSR count). The highest BCUT2D eigenvalue weighted by molar-refractivity contribution is 6.39. The lowest BCUT2D eigenvalue weighted by atomic mass is 10.0. The molecule has 1 aliphatic rings. The number of ether oxygens (including phenoxy) is 2. The summed E-state index contributed by atoms with van der Waals surface area (Å²) in [6.07, 6.45) is 1.51. The van der Waals surface area contributed by atoms with Gasteiger partial charge in [-0.05, 0) is 78.7 Å². The highest BCUT2D eigenvalue weighted by Gasteiger charge is 2.37. The van der Waals surface area contributed by atoms with Crippen molar-refractivity contribution in [2.75, 3.05) is 18.6 Å². The van der Waals surface area contributed by atoms with Gasteiger partial charge in [-0.15, -0.1) is 0 Å². The Hall–Kier alpha value is -6.22. The largest absolute Gasteiger partial charge is 0.497 e. The van der Waals surface area contributed by atoms with Crippen LogP contribution in [-0.4, -0.2) is 42.1 Å². The second-order valence-electron chi connectivity index (χ2n) is 10.3. The predicted molar refractivity (Wildman–Crippen MR) is 175 cm³/mol. The van der Waals surface area contributed by atoms with E-state index in [1.54, 1.807) is 43.3 Å². The minimum atomic E-state index is -0.843. The average molecular weight is 612 g/mol. The SMILES string of the molecule is CCOC(=O)c1ccc(-n2c(-c3ccccc3)cc(/C=C3/C(=O)NC(=O)N(c4ccc(OC)cc4)C3=O)c2-c2ccccc2)cc1. The first kappa shape index (κ1) is 29.8. The number of esters is 1. The van der Waals surface area contributed by atoms with Gasteiger partial charge in [-0.3, -0.25) is 14.9 Å². The number of urea groups is 1. The standard InChI is InChI=1S/C37H29N3O6/c1-3-46-36(43)26-14-16-28(17-15-26)39-32(24-10-6-4-7-11-24)23-27(33(39)25-12-8-5-9-13-25)22-31-34(41)38-37(44)40(35(31)42)29-18-20-30(45-2)21-19-29/h4-23H,3H2,1-2H3,(H,38,41,44)/b31-22-. The summed E-state index contributed by atoms with van der Waals surface area (Å²) < 4.78 is 12.4. The van der Waals surface area contributed by atoms with E-state index < -0.39 is 23.8 Å². The number of nitrogens with zero attached hydrogens (tertiary/aromatic N) is 2. The quantitative estimate of drug-likeness (QED) is 0.119. The van der Waals surface area contributed by atoms with Crippen LogP contribution < -0.4 is 15.0 Å². The summed E-state index contributed by atoms with van der Waals surface area (Å²) >= 11 is 0. The van der Waals surface area contributed by atoms with Crippen LogP contribution in [0, 0.1) is 0 Å². The first-order chi connectivity index (χ1) is 22.4. The van der Waals surface area contributed by atoms with Crippen molar-refractivity contribution in [3.05, 3.63) is 132 Å². The molecular formula is C37H29N3O6. The Morgan fingerprint density at radius 3 is 2.00 bits per heavy atom. The van der Waals surface area contributed by atoms with Gasteiger partial charge in [0, 0.05) is 11.3 Å². The Morgan fingerprint density at radius 1 is 0.783 bits per heavy atom. The number of nitrogens with one attached hydrogen (secondary N) is 1. The molecule has 0 spiro atoms. The smallest absolute Gasteiger partial charge is 0.338 e. The number of hydrogen-bond acceptors (Lipinski definition) is 6. The van der Waals surface area contributed by atoms with Gasteiger partial charge >= 0.3 is 12.0 Å². The van der Waals surface area contributed by atoms with E-state index in [1.807, 2.05) is 83.4 Å². The minimum Gasteiger partial charge on any atom is -0.497 e. The van der Waals surface area contributed by atoms with Crippen molar-refractivity contribution >= 4 is 35.6 Å². The van der Waals surface area contributed by atoms with Crippen LogP contribution in [0.5, 0.6) is 5.75 Å². The number of imide groups is 2. The summed E-state index contributed by atoms with van der Waals surface area (Å²) in [5, 5.41) is 2.31. The Morgan fingerprint density at radius 2 is 1.39 bits per heavy atom. The van der Waals surface area contributed by atoms with Crippen LogP contribution in [0.2, 0.25) is 0 Å². The van der Waals surface area contributed by atoms with Crippen LogP contribution in [0.1, 0.15) is 22.8 Å². The molecule has 1 aliphatic heterocycles. The van der Waals surface area contributed by atoms with Crippen LogP contribution in [0.4, 0.5) is 10.5 Å². The van der Waals surface area contributed by atoms with Crippen molar-refractivity contribution in [1.82, 2.24) is 9.88 Å². The van der Waals surface area contributed by atoms with E-state index in [0.717, 1.165) is 27.4 Å². The van der Waals surface area contributed by atoms with E-state index >= 15 is 0 Å². The second kappa shape index (κ2) is 12.8. The number of carbonyl (C=O) groups is 4. The number of carbonyl (C=O) groups excluding carboxylic acids is 4. The van der Waals surface area contributed by atoms with Crippen LogP contribution in [0.25, 0.3) is 34.3 Å². The lowest BCUT2D eigenvalue weighted by Crippen LogP contribution is -2.54. The van der Waals surface area contributed by atoms with Gasteiger partial charge in [-0.25, -0.2) is 14.5 Å². The number of amides is 4. The summed E-state index contributed by atoms with van der Waals surface area (Å²) in [5.74, 6) is -1.42. The predicted octanol–water partition coefficient (Wildman–Crippen LogP) is 6.66. The molecule has 2 heterocycles. The van der Waals surface area contributed by atoms with Gasteiger partial charge < -0.3 is 14.0 Å². The zero-order valence-electron chi connectivity index (χ0n) is 25.1. The van der Waals surface area contributed by atoms with Crippen LogP contribution >= 0.6 is 0 Å². The van der Waals surface area contributed by atoms with E-state index in [0.29, 0.717) is 22.6 Å². The molecule has 0 unspecified atom stereocenters. The van der Waals surface area contributed by atoms with Crippen molar-refractivity contribution in [2.24, 2.45) is 0 Å². The fourth-order valence-corrected chi connectivity index (χ4v) is 5.36. The molecule has 9 heteroatoms. The normalized spacial score (nSPS) is 13.9. The summed E-state index contributed by atoms with van der Waals surface area (Å²) in [4.78, 5) is 53.3. The Kier molecular flexibility index (Phi) is 8.30. The molecule has 0 atom stereocenters. The monoisotopic (exact) mass is 611 g/mol. The van der Waals surface area contributed by atoms with Gasteiger partial charge in [0.2, 0.25) is 0 Å². The molecule has 0 aliphatic carbocycles. The molecule has 9 nitrogen and oxygen atoms in total. The van der Waals surface area contributed by atoms with Crippen LogP contribution in [-0.2, 0) is 14.3 Å². The van der Waals surface area contributed by atoms with Crippen molar-refractivity contribution in [3.8, 4) is 34.0 Å². The van der Waals surface area contributed by atoms with Gasteiger partial charge in [-0.2, -0.15) is 0 Å². The summed E-state index contributed by atoms with van der Waals surface area (Å²) in [6, 6.07) is 33.8. The first-order valence-electron chi connectivity index (χ1n) is 14.6. The van der Waals surface area contributed by atoms with E-state index in [2.05, 4.69) is 5.32 Å². The Bertz CT molecular complexity index is 1960. The lowest BCUT2D eigenvalue weighted by molar-refractivity contribution is -0.122. The molecule has 1 N–H and O–H groups in total. The fraction of sp³-hybridized carbons (Fsp3) is 0.0811. The van der Waals surface area contributed by atoms with Gasteiger partial charge in [0.1, 0.15) is 11.3 Å². The zero-order valence-corrected chi connectivity index (χ0v) is 25.1. The molecule has 4 aromatic carbocycles. The number of rotatable bonds is 8. The number of hydrogen-bond donors (Lipinski definition) is 1. The molecule has 0 saturated carbocycles. The maximum absolute atomic E-state index is 13.8. The second-order valence-corrected chi connectivity index (χ2v) is 10.3. The maximum atomic E-state index is 13.8. The van der Waals surface area contributed by atoms with Gasteiger partial charge in [0.05, 0.1) is 36.4 Å². The lowest BCUT2D eigenvalue weighted by Gasteiger charge is -2.26. The van der Waals surface area contributed by atoms with Gasteiger partial charge in [0.15, 0.2) is 0 Å². The number of barbiturate groups is 1. The Balaban J connectivity index is 1.55. The van der Waals surface area contributed by atoms with E-state index in [4.69, 9.17) is 9.47 Å². The van der Waals surface area contributed by atoms with Gasteiger partial charge in [-0.1, -0.05) is 60.7 Å². The van der Waals surface area contributed by atoms with Crippen LogP contribution in [0.3, 0.4) is 0 Å². The zero-order chi connectivity index (χ0) is 32.2. The first-order valence-corrected chi connectivity index (χ1v) is 14.6. The van der Waals surface area contributed by atoms with E-state index in [-0.39, 0.29) is 17.9 Å². The third kappa shape index (κ3) is 5.69. The molecular weight excluding hydrogens is 582 g/mol. The summed E-state index contributed by atoms with van der Waals surface area (Å²) in [7, 11) is 1.52. The number of anilines is 1. The molecule has 1 fully saturated rings. The molecule has 46 heavy (non-hydrogen) atoms. The molecule has 4 amide bonds. The number of benzene rings is 4. The Labute approximate surface area is 265 Å². The molecule has 0 bridgehead atoms. The minimum absolute atomic E-state index is 0.206. The van der Waals surface area contributed by atoms with Crippen molar-refractivity contribution in [1.29, 1.82) is 0 Å². The highest BCUT2D eigenvalue weighted by atomic mass is 16.5. The van der Waals surface area contributed by atoms with Crippen molar-refractivity contribution < 1.29 is 28.7 Å². The van der Waals surface area contributed by atoms with Crippen molar-refractivity contribution in [3.63, 3.8) is 0 Å². The van der Waals surface area contributed by atoms with E-state index in [9.17, 15) is 19.2 Å². The third-order valence-electron chi connectivity index (χ3n) is 7.52. The summed E-state index contributed by atoms with van der Waals surface area (Å²) in [5.41, 5.74) is 4.98. The van der Waals surface area contributed by atoms with Crippen LogP contribution in [0.15, 0.2) is 121 Å². The molecule has 5 aromatic rings. The van der Waals surface area contributed by atoms with E-state index in [1.165, 1.54) is 13.2 Å². The summed E-state index contributed by atoms with van der Waals surface area (Å²) in [6.45, 7) is 2.02. The van der Waals surface area contributed by atoms with Gasteiger partial charge in [0.25, 0.3) is 11.8 Å². The fourth-order valence-electron chi connectivity index (χ4n) is 5.36. The topological polar surface area (TPSA) is 107 Å². The molecule has 228 valence electrons. The highest BCUT2D eigenvalue weighted by Crippen LogP contribution is 2.38. The number of aromatic nitrogens is 1. The number of methoxy groups -OCH3 is 1. The molecule has 0 radical (unpaired) electrons.